The van der Waals surface area contributed by atoms with E-state index in [2.05, 4.69) is 52.8 Å². The average Bonchev–Trinajstić information content (AvgIpc) is 2.06. The van der Waals surface area contributed by atoms with Gasteiger partial charge in [-0.2, -0.15) is 0 Å². The maximum Gasteiger partial charge on any atom is 0.193 e. The smallest absolute Gasteiger partial charge is 0.193 e. The highest BCUT2D eigenvalue weighted by molar-refractivity contribution is 6.47. The highest BCUT2D eigenvalue weighted by Gasteiger charge is 2.11. The van der Waals surface area contributed by atoms with Crippen molar-refractivity contribution in [3.63, 3.8) is 0 Å². The molecule has 1 rings (SSSR count). The number of aryl methyl sites for hydroxylation is 1. The summed E-state index contributed by atoms with van der Waals surface area (Å²) in [7, 11) is -0.566. The predicted octanol–water partition coefficient (Wildman–Crippen LogP) is 1.83. The summed E-state index contributed by atoms with van der Waals surface area (Å²) in [6, 6.07) is 6.47. The minimum atomic E-state index is -0.566. The summed E-state index contributed by atoms with van der Waals surface area (Å²) in [5, 5.41) is 1.43. The van der Waals surface area contributed by atoms with Crippen LogP contribution in [0.5, 0.6) is 0 Å². The quantitative estimate of drug-likeness (QED) is 0.674. The molecule has 0 atom stereocenters. The zero-order valence-electron chi connectivity index (χ0n) is 9.85. The monoisotopic (exact) mass is 208 g/mol. The first-order chi connectivity index (χ1) is 6.40. The lowest BCUT2D eigenvalue weighted by molar-refractivity contribution is 0.142. The maximum atomic E-state index is 5.89. The van der Waals surface area contributed by atoms with E-state index in [1.165, 1.54) is 16.3 Å². The van der Waals surface area contributed by atoms with Crippen LogP contribution in [0.3, 0.4) is 0 Å². The molecule has 78 valence electrons. The molecule has 1 aromatic rings. The van der Waals surface area contributed by atoms with Crippen LogP contribution in [0.4, 0.5) is 0 Å². The van der Waals surface area contributed by atoms with E-state index >= 15 is 0 Å². The Kier molecular flexibility index (Phi) is 3.51. The van der Waals surface area contributed by atoms with Crippen molar-refractivity contribution < 1.29 is 4.43 Å². The lowest BCUT2D eigenvalue weighted by Crippen LogP contribution is -2.30. The average molecular weight is 208 g/mol. The van der Waals surface area contributed by atoms with Crippen molar-refractivity contribution in [1.29, 1.82) is 0 Å². The summed E-state index contributed by atoms with van der Waals surface area (Å²) in [6.07, 6.45) is 0. The molecule has 0 fully saturated rings. The van der Waals surface area contributed by atoms with Crippen LogP contribution >= 0.6 is 0 Å². The molecule has 0 aliphatic carbocycles. The van der Waals surface area contributed by atoms with Crippen molar-refractivity contribution in [2.45, 2.75) is 40.2 Å². The Bertz CT molecular complexity index is 313. The van der Waals surface area contributed by atoms with E-state index in [0.29, 0.717) is 0 Å². The van der Waals surface area contributed by atoms with Crippen LogP contribution in [-0.2, 0) is 4.43 Å². The minimum absolute atomic E-state index is 0.00239. The summed E-state index contributed by atoms with van der Waals surface area (Å²) in [6.45, 7) is 10.7. The summed E-state index contributed by atoms with van der Waals surface area (Å²) >= 11 is 0. The molecule has 14 heavy (non-hydrogen) atoms. The van der Waals surface area contributed by atoms with Gasteiger partial charge in [0.1, 0.15) is 0 Å². The van der Waals surface area contributed by atoms with Gasteiger partial charge in [-0.1, -0.05) is 18.2 Å². The number of hydrogen-bond acceptors (Lipinski definition) is 1. The molecule has 2 heteroatoms. The second-order valence-electron chi connectivity index (χ2n) is 4.76. The van der Waals surface area contributed by atoms with E-state index in [0.717, 1.165) is 0 Å². The Balaban J connectivity index is 2.73. The van der Waals surface area contributed by atoms with Crippen LogP contribution < -0.4 is 5.19 Å². The van der Waals surface area contributed by atoms with E-state index < -0.39 is 9.76 Å². The second-order valence-corrected chi connectivity index (χ2v) is 6.10. The molecule has 1 aromatic carbocycles. The summed E-state index contributed by atoms with van der Waals surface area (Å²) in [5.41, 5.74) is 2.78. The third kappa shape index (κ3) is 3.27. The largest absolute Gasteiger partial charge is 0.414 e. The summed E-state index contributed by atoms with van der Waals surface area (Å²) < 4.78 is 5.89. The van der Waals surface area contributed by atoms with Crippen LogP contribution in [0.1, 0.15) is 31.9 Å². The van der Waals surface area contributed by atoms with Gasteiger partial charge in [0.25, 0.3) is 0 Å². The number of hydrogen-bond donors (Lipinski definition) is 0. The number of benzene rings is 1. The van der Waals surface area contributed by atoms with Crippen molar-refractivity contribution in [2.24, 2.45) is 0 Å². The van der Waals surface area contributed by atoms with Gasteiger partial charge < -0.3 is 4.43 Å². The first kappa shape index (κ1) is 11.5. The van der Waals surface area contributed by atoms with Crippen LogP contribution in [0, 0.1) is 13.8 Å². The highest BCUT2D eigenvalue weighted by atomic mass is 28.2. The van der Waals surface area contributed by atoms with E-state index in [1.54, 1.807) is 0 Å². The van der Waals surface area contributed by atoms with E-state index in [-0.39, 0.29) is 5.60 Å². The second kappa shape index (κ2) is 4.28. The summed E-state index contributed by atoms with van der Waals surface area (Å²) in [5.74, 6) is 0. The minimum Gasteiger partial charge on any atom is -0.414 e. The molecule has 0 aromatic heterocycles. The van der Waals surface area contributed by atoms with E-state index in [1.807, 2.05) is 0 Å². The number of rotatable bonds is 2. The van der Waals surface area contributed by atoms with Gasteiger partial charge in [0, 0.05) is 5.60 Å². The van der Waals surface area contributed by atoms with Gasteiger partial charge in [0.2, 0.25) is 0 Å². The topological polar surface area (TPSA) is 9.23 Å². The molecule has 0 heterocycles. The Labute approximate surface area is 89.4 Å². The summed E-state index contributed by atoms with van der Waals surface area (Å²) in [4.78, 5) is 0. The van der Waals surface area contributed by atoms with E-state index in [9.17, 15) is 0 Å². The molecule has 0 saturated heterocycles. The Morgan fingerprint density at radius 3 is 2.36 bits per heavy atom. The van der Waals surface area contributed by atoms with Crippen LogP contribution in [-0.4, -0.2) is 15.4 Å². The molecule has 0 aliphatic heterocycles. The molecule has 0 radical (unpaired) electrons. The normalized spacial score (nSPS) is 12.6. The molecule has 0 N–H and O–H groups in total. The van der Waals surface area contributed by atoms with Gasteiger partial charge in [0.05, 0.1) is 0 Å². The van der Waals surface area contributed by atoms with Crippen molar-refractivity contribution in [1.82, 2.24) is 0 Å². The molecule has 0 amide bonds. The highest BCUT2D eigenvalue weighted by Crippen LogP contribution is 2.07. The van der Waals surface area contributed by atoms with Crippen molar-refractivity contribution in [2.75, 3.05) is 0 Å². The Morgan fingerprint density at radius 1 is 1.14 bits per heavy atom. The van der Waals surface area contributed by atoms with Gasteiger partial charge >= 0.3 is 0 Å². The van der Waals surface area contributed by atoms with Gasteiger partial charge in [-0.05, 0) is 50.9 Å². The molecule has 0 aliphatic rings. The van der Waals surface area contributed by atoms with Crippen molar-refractivity contribution in [3.05, 3.63) is 29.3 Å². The van der Waals surface area contributed by atoms with Crippen LogP contribution in [0.25, 0.3) is 0 Å². The van der Waals surface area contributed by atoms with E-state index in [4.69, 9.17) is 4.43 Å². The van der Waals surface area contributed by atoms with Crippen molar-refractivity contribution in [3.8, 4) is 0 Å². The molecule has 0 spiro atoms. The fraction of sp³-hybridized carbons (Fsp3) is 0.500. The fourth-order valence-electron chi connectivity index (χ4n) is 1.26. The molecule has 0 saturated carbocycles. The molecule has 0 bridgehead atoms. The van der Waals surface area contributed by atoms with Crippen LogP contribution in [0.15, 0.2) is 18.2 Å². The first-order valence-corrected chi connectivity index (χ1v) is 6.37. The molecular formula is C12H20OSi. The predicted molar refractivity (Wildman–Crippen MR) is 64.9 cm³/mol. The lowest BCUT2D eigenvalue weighted by Gasteiger charge is -2.21. The van der Waals surface area contributed by atoms with Gasteiger partial charge in [-0.25, -0.2) is 0 Å². The van der Waals surface area contributed by atoms with Crippen molar-refractivity contribution >= 4 is 14.9 Å². The lowest BCUT2D eigenvalue weighted by atomic mass is 10.1. The fourth-order valence-corrected chi connectivity index (χ4v) is 2.58. The standard InChI is InChI=1S/C12H20OSi/c1-9-7-6-8-11(10(9)2)14-13-12(3,4)5/h6-8H,14H2,1-5H3. The zero-order valence-corrected chi connectivity index (χ0v) is 11.3. The third-order valence-electron chi connectivity index (χ3n) is 2.38. The Morgan fingerprint density at radius 2 is 1.79 bits per heavy atom. The third-order valence-corrected chi connectivity index (χ3v) is 4.46. The Hall–Kier alpha value is -0.603. The van der Waals surface area contributed by atoms with Crippen LogP contribution in [0.2, 0.25) is 0 Å². The SMILES string of the molecule is Cc1cccc([SiH2]OC(C)(C)C)c1C. The molecule has 0 unspecified atom stereocenters. The van der Waals surface area contributed by atoms with Gasteiger partial charge in [-0.15, -0.1) is 0 Å². The molecular weight excluding hydrogens is 188 g/mol. The maximum absolute atomic E-state index is 5.89. The van der Waals surface area contributed by atoms with Gasteiger partial charge in [-0.3, -0.25) is 0 Å². The molecule has 1 nitrogen and oxygen atoms in total. The first-order valence-electron chi connectivity index (χ1n) is 5.09. The van der Waals surface area contributed by atoms with Gasteiger partial charge in [0.15, 0.2) is 9.76 Å². The zero-order chi connectivity index (χ0) is 10.8.